The van der Waals surface area contributed by atoms with Crippen molar-refractivity contribution in [2.45, 2.75) is 26.6 Å². The van der Waals surface area contributed by atoms with Gasteiger partial charge in [0.05, 0.1) is 5.56 Å². The largest absolute Gasteiger partial charge is 0.449 e. The summed E-state index contributed by atoms with van der Waals surface area (Å²) in [6, 6.07) is 12.7. The number of halogens is 2. The van der Waals surface area contributed by atoms with Crippen LogP contribution < -0.4 is 4.74 Å². The Morgan fingerprint density at radius 3 is 2.33 bits per heavy atom. The molecule has 3 aromatic rings. The van der Waals surface area contributed by atoms with E-state index in [-0.39, 0.29) is 17.2 Å². The molecule has 0 N–H and O–H groups in total. The standard InChI is InChI=1S/C19H16F2N2O4/c1-11-3-5-13(6-4-11)17-23-22-16(27-17)12(2)25-18(24)14-7-9-15(10-8-14)26-19(20)21/h3-10,12,19H,1-2H3/t12-/m0/s1. The van der Waals surface area contributed by atoms with Crippen LogP contribution in [-0.4, -0.2) is 22.8 Å². The van der Waals surface area contributed by atoms with E-state index in [1.165, 1.54) is 24.3 Å². The molecule has 0 amide bonds. The Morgan fingerprint density at radius 2 is 1.70 bits per heavy atom. The van der Waals surface area contributed by atoms with Crippen molar-refractivity contribution >= 4 is 5.97 Å². The van der Waals surface area contributed by atoms with Crippen LogP contribution in [0.4, 0.5) is 8.78 Å². The fourth-order valence-electron chi connectivity index (χ4n) is 2.26. The van der Waals surface area contributed by atoms with Crippen LogP contribution in [-0.2, 0) is 4.74 Å². The number of benzene rings is 2. The molecular weight excluding hydrogens is 358 g/mol. The lowest BCUT2D eigenvalue weighted by atomic mass is 10.1. The molecule has 8 heteroatoms. The molecule has 1 heterocycles. The van der Waals surface area contributed by atoms with E-state index in [1.54, 1.807) is 6.92 Å². The second-order valence-corrected chi connectivity index (χ2v) is 5.76. The van der Waals surface area contributed by atoms with Crippen LogP contribution in [0.1, 0.15) is 34.8 Å². The Labute approximate surface area is 153 Å². The van der Waals surface area contributed by atoms with Crippen molar-refractivity contribution in [2.75, 3.05) is 0 Å². The third-order valence-electron chi connectivity index (χ3n) is 3.69. The summed E-state index contributed by atoms with van der Waals surface area (Å²) in [7, 11) is 0. The maximum atomic E-state index is 12.2. The highest BCUT2D eigenvalue weighted by molar-refractivity contribution is 5.89. The third kappa shape index (κ3) is 4.66. The average molecular weight is 374 g/mol. The molecule has 0 saturated carbocycles. The van der Waals surface area contributed by atoms with E-state index >= 15 is 0 Å². The molecule has 0 spiro atoms. The Hall–Kier alpha value is -3.29. The summed E-state index contributed by atoms with van der Waals surface area (Å²) in [5.41, 5.74) is 2.04. The van der Waals surface area contributed by atoms with Crippen molar-refractivity contribution in [1.82, 2.24) is 10.2 Å². The average Bonchev–Trinajstić information content (AvgIpc) is 3.12. The first kappa shape index (κ1) is 18.5. The Bertz CT molecular complexity index is 908. The van der Waals surface area contributed by atoms with Crippen molar-refractivity contribution in [2.24, 2.45) is 0 Å². The lowest BCUT2D eigenvalue weighted by Crippen LogP contribution is -2.10. The second kappa shape index (κ2) is 7.94. The number of hydrogen-bond acceptors (Lipinski definition) is 6. The van der Waals surface area contributed by atoms with Crippen LogP contribution in [0.5, 0.6) is 5.75 Å². The van der Waals surface area contributed by atoms with Gasteiger partial charge in [0.25, 0.3) is 5.89 Å². The van der Waals surface area contributed by atoms with Crippen LogP contribution in [0.25, 0.3) is 11.5 Å². The van der Waals surface area contributed by atoms with E-state index in [9.17, 15) is 13.6 Å². The number of ether oxygens (including phenoxy) is 2. The van der Waals surface area contributed by atoms with Gasteiger partial charge in [0.2, 0.25) is 5.89 Å². The summed E-state index contributed by atoms with van der Waals surface area (Å²) < 4.78 is 39.4. The lowest BCUT2D eigenvalue weighted by Gasteiger charge is -2.10. The van der Waals surface area contributed by atoms with Gasteiger partial charge in [0, 0.05) is 5.56 Å². The predicted octanol–water partition coefficient (Wildman–Crippen LogP) is 4.56. The van der Waals surface area contributed by atoms with Gasteiger partial charge in [-0.3, -0.25) is 0 Å². The van der Waals surface area contributed by atoms with Crippen LogP contribution in [0.2, 0.25) is 0 Å². The van der Waals surface area contributed by atoms with E-state index in [0.29, 0.717) is 5.89 Å². The van der Waals surface area contributed by atoms with Crippen molar-refractivity contribution in [3.05, 3.63) is 65.5 Å². The van der Waals surface area contributed by atoms with Gasteiger partial charge < -0.3 is 13.9 Å². The van der Waals surface area contributed by atoms with Crippen molar-refractivity contribution in [1.29, 1.82) is 0 Å². The van der Waals surface area contributed by atoms with Crippen molar-refractivity contribution in [3.8, 4) is 17.2 Å². The van der Waals surface area contributed by atoms with Crippen molar-refractivity contribution < 1.29 is 27.5 Å². The smallest absolute Gasteiger partial charge is 0.387 e. The molecular formula is C19H16F2N2O4. The van der Waals surface area contributed by atoms with E-state index in [0.717, 1.165) is 11.1 Å². The summed E-state index contributed by atoms with van der Waals surface area (Å²) in [6.07, 6.45) is -0.777. The third-order valence-corrected chi connectivity index (χ3v) is 3.69. The number of rotatable bonds is 6. The minimum atomic E-state index is -2.93. The van der Waals surface area contributed by atoms with Crippen LogP contribution >= 0.6 is 0 Å². The summed E-state index contributed by atoms with van der Waals surface area (Å²) in [4.78, 5) is 12.2. The molecule has 140 valence electrons. The number of alkyl halides is 2. The highest BCUT2D eigenvalue weighted by atomic mass is 19.3. The van der Waals surface area contributed by atoms with Gasteiger partial charge in [0.1, 0.15) is 5.75 Å². The van der Waals surface area contributed by atoms with Crippen LogP contribution in [0, 0.1) is 6.92 Å². The zero-order valence-corrected chi connectivity index (χ0v) is 14.6. The monoisotopic (exact) mass is 374 g/mol. The predicted molar refractivity (Wildman–Crippen MR) is 91.4 cm³/mol. The van der Waals surface area contributed by atoms with Crippen LogP contribution in [0.3, 0.4) is 0 Å². The number of carbonyl (C=O) groups is 1. The molecule has 0 fully saturated rings. The number of carbonyl (C=O) groups excluding carboxylic acids is 1. The Kier molecular flexibility index (Phi) is 5.44. The summed E-state index contributed by atoms with van der Waals surface area (Å²) in [6.45, 7) is 0.637. The second-order valence-electron chi connectivity index (χ2n) is 5.76. The number of aromatic nitrogens is 2. The SMILES string of the molecule is Cc1ccc(-c2nnc([C@H](C)OC(=O)c3ccc(OC(F)F)cc3)o2)cc1. The van der Waals surface area contributed by atoms with Gasteiger partial charge in [-0.1, -0.05) is 17.7 Å². The molecule has 1 aromatic heterocycles. The quantitative estimate of drug-likeness (QED) is 0.589. The molecule has 0 unspecified atom stereocenters. The summed E-state index contributed by atoms with van der Waals surface area (Å²) in [5, 5.41) is 7.87. The van der Waals surface area contributed by atoms with E-state index in [2.05, 4.69) is 14.9 Å². The first-order chi connectivity index (χ1) is 12.9. The highest BCUT2D eigenvalue weighted by Crippen LogP contribution is 2.24. The molecule has 0 aliphatic carbocycles. The minimum Gasteiger partial charge on any atom is -0.449 e. The van der Waals surface area contributed by atoms with Gasteiger partial charge in [-0.25, -0.2) is 4.79 Å². The molecule has 2 aromatic carbocycles. The first-order valence-electron chi connectivity index (χ1n) is 8.08. The zero-order valence-electron chi connectivity index (χ0n) is 14.6. The maximum Gasteiger partial charge on any atom is 0.387 e. The van der Waals surface area contributed by atoms with Crippen LogP contribution in [0.15, 0.2) is 52.9 Å². The van der Waals surface area contributed by atoms with Crippen molar-refractivity contribution in [3.63, 3.8) is 0 Å². The van der Waals surface area contributed by atoms with E-state index in [4.69, 9.17) is 9.15 Å². The molecule has 27 heavy (non-hydrogen) atoms. The molecule has 0 aliphatic heterocycles. The number of aryl methyl sites for hydroxylation is 1. The molecule has 3 rings (SSSR count). The number of hydrogen-bond donors (Lipinski definition) is 0. The van der Waals surface area contributed by atoms with E-state index < -0.39 is 18.7 Å². The summed E-state index contributed by atoms with van der Waals surface area (Å²) >= 11 is 0. The minimum absolute atomic E-state index is 0.0470. The van der Waals surface area contributed by atoms with Gasteiger partial charge in [-0.2, -0.15) is 8.78 Å². The molecule has 0 radical (unpaired) electrons. The van der Waals surface area contributed by atoms with Gasteiger partial charge >= 0.3 is 12.6 Å². The zero-order chi connectivity index (χ0) is 19.4. The lowest BCUT2D eigenvalue weighted by molar-refractivity contribution is -0.0498. The van der Waals surface area contributed by atoms with Gasteiger partial charge in [-0.05, 0) is 50.2 Å². The summed E-state index contributed by atoms with van der Waals surface area (Å²) in [5.74, 6) is -0.228. The Balaban J connectivity index is 1.65. The topological polar surface area (TPSA) is 74.5 Å². The highest BCUT2D eigenvalue weighted by Gasteiger charge is 2.20. The molecule has 1 atom stereocenters. The fourth-order valence-corrected chi connectivity index (χ4v) is 2.26. The normalized spacial score (nSPS) is 12.0. The number of esters is 1. The maximum absolute atomic E-state index is 12.2. The van der Waals surface area contributed by atoms with Gasteiger partial charge in [-0.15, -0.1) is 10.2 Å². The fraction of sp³-hybridized carbons (Fsp3) is 0.211. The molecule has 0 bridgehead atoms. The molecule has 6 nitrogen and oxygen atoms in total. The first-order valence-corrected chi connectivity index (χ1v) is 8.08. The van der Waals surface area contributed by atoms with Gasteiger partial charge in [0.15, 0.2) is 6.10 Å². The van der Waals surface area contributed by atoms with E-state index in [1.807, 2.05) is 31.2 Å². The molecule has 0 aliphatic rings. The molecule has 0 saturated heterocycles. The number of nitrogens with zero attached hydrogens (tertiary/aromatic N) is 2. The Morgan fingerprint density at radius 1 is 1.04 bits per heavy atom.